The molecule has 0 amide bonds. The molecule has 2 aromatic carbocycles. The predicted octanol–water partition coefficient (Wildman–Crippen LogP) is 4.31. The van der Waals surface area contributed by atoms with Gasteiger partial charge < -0.3 is 4.84 Å². The highest BCUT2D eigenvalue weighted by molar-refractivity contribution is 5.79. The Morgan fingerprint density at radius 1 is 1.10 bits per heavy atom. The molecule has 0 saturated heterocycles. The van der Waals surface area contributed by atoms with Crippen molar-refractivity contribution < 1.29 is 18.0 Å². The molecule has 0 radical (unpaired) electrons. The molecule has 0 atom stereocenters. The first-order valence-electron chi connectivity index (χ1n) is 5.93. The Hall–Kier alpha value is -2.30. The minimum Gasteiger partial charge on any atom is -0.391 e. The normalized spacial score (nSPS) is 11.2. The van der Waals surface area contributed by atoms with Crippen LogP contribution in [-0.2, 0) is 11.4 Å². The standard InChI is InChI=1S/C15H12F3NO/c16-14-7-2-1-5-13(14)9-19-20-10-11-4-3-6-12(8-11)15(17)18/h1-9,15H,10H2. The van der Waals surface area contributed by atoms with Crippen LogP contribution >= 0.6 is 0 Å². The maximum Gasteiger partial charge on any atom is 0.263 e. The van der Waals surface area contributed by atoms with Crippen molar-refractivity contribution in [2.24, 2.45) is 5.16 Å². The molecule has 0 fully saturated rings. The minimum atomic E-state index is -2.52. The van der Waals surface area contributed by atoms with E-state index in [1.807, 2.05) is 0 Å². The Kier molecular flexibility index (Phi) is 4.76. The molecule has 20 heavy (non-hydrogen) atoms. The first-order valence-corrected chi connectivity index (χ1v) is 5.93. The van der Waals surface area contributed by atoms with Gasteiger partial charge in [0.2, 0.25) is 0 Å². The SMILES string of the molecule is Fc1ccccc1C=NOCc1cccc(C(F)F)c1. The smallest absolute Gasteiger partial charge is 0.263 e. The highest BCUT2D eigenvalue weighted by Crippen LogP contribution is 2.19. The second-order valence-electron chi connectivity index (χ2n) is 4.08. The summed E-state index contributed by atoms with van der Waals surface area (Å²) >= 11 is 0. The van der Waals surface area contributed by atoms with E-state index in [1.54, 1.807) is 24.3 Å². The van der Waals surface area contributed by atoms with Gasteiger partial charge in [0.25, 0.3) is 6.43 Å². The molecule has 0 aromatic heterocycles. The Bertz CT molecular complexity index is 599. The summed E-state index contributed by atoms with van der Waals surface area (Å²) in [6.45, 7) is 0.0471. The van der Waals surface area contributed by atoms with Gasteiger partial charge in [-0.25, -0.2) is 13.2 Å². The number of alkyl halides is 2. The predicted molar refractivity (Wildman–Crippen MR) is 70.2 cm³/mol. The maximum absolute atomic E-state index is 13.3. The number of halogens is 3. The van der Waals surface area contributed by atoms with Gasteiger partial charge in [-0.2, -0.15) is 0 Å². The summed E-state index contributed by atoms with van der Waals surface area (Å²) in [5.41, 5.74) is 0.812. The van der Waals surface area contributed by atoms with Crippen molar-refractivity contribution in [3.05, 3.63) is 71.0 Å². The van der Waals surface area contributed by atoms with Crippen molar-refractivity contribution in [2.45, 2.75) is 13.0 Å². The van der Waals surface area contributed by atoms with Crippen LogP contribution in [0.2, 0.25) is 0 Å². The van der Waals surface area contributed by atoms with Crippen molar-refractivity contribution in [3.8, 4) is 0 Å². The van der Waals surface area contributed by atoms with Gasteiger partial charge >= 0.3 is 0 Å². The molecule has 0 N–H and O–H groups in total. The van der Waals surface area contributed by atoms with Crippen LogP contribution in [0.25, 0.3) is 0 Å². The van der Waals surface area contributed by atoms with Crippen LogP contribution in [0.4, 0.5) is 13.2 Å². The van der Waals surface area contributed by atoms with Crippen LogP contribution in [0.5, 0.6) is 0 Å². The summed E-state index contributed by atoms with van der Waals surface area (Å²) in [6, 6.07) is 12.0. The lowest BCUT2D eigenvalue weighted by Crippen LogP contribution is -1.92. The van der Waals surface area contributed by atoms with E-state index in [4.69, 9.17) is 4.84 Å². The fraction of sp³-hybridized carbons (Fsp3) is 0.133. The van der Waals surface area contributed by atoms with E-state index < -0.39 is 12.2 Å². The lowest BCUT2D eigenvalue weighted by Gasteiger charge is -2.03. The lowest BCUT2D eigenvalue weighted by atomic mass is 10.1. The molecule has 5 heteroatoms. The Morgan fingerprint density at radius 2 is 1.90 bits per heavy atom. The van der Waals surface area contributed by atoms with Crippen molar-refractivity contribution >= 4 is 6.21 Å². The van der Waals surface area contributed by atoms with E-state index in [0.717, 1.165) is 0 Å². The highest BCUT2D eigenvalue weighted by Gasteiger charge is 2.06. The van der Waals surface area contributed by atoms with Crippen molar-refractivity contribution in [2.75, 3.05) is 0 Å². The fourth-order valence-electron chi connectivity index (χ4n) is 1.60. The monoisotopic (exact) mass is 279 g/mol. The molecule has 0 unspecified atom stereocenters. The molecule has 0 aliphatic rings. The van der Waals surface area contributed by atoms with E-state index in [9.17, 15) is 13.2 Å². The van der Waals surface area contributed by atoms with Gasteiger partial charge in [-0.3, -0.25) is 0 Å². The summed E-state index contributed by atoms with van der Waals surface area (Å²) in [7, 11) is 0. The number of oxime groups is 1. The first-order chi connectivity index (χ1) is 9.66. The summed E-state index contributed by atoms with van der Waals surface area (Å²) in [4.78, 5) is 4.97. The average Bonchev–Trinajstić information content (AvgIpc) is 2.45. The molecule has 2 nitrogen and oxygen atoms in total. The highest BCUT2D eigenvalue weighted by atomic mass is 19.3. The van der Waals surface area contributed by atoms with Crippen LogP contribution in [-0.4, -0.2) is 6.21 Å². The first kappa shape index (κ1) is 14.1. The summed E-state index contributed by atoms with van der Waals surface area (Å²) in [6.07, 6.45) is -1.27. The number of benzene rings is 2. The maximum atomic E-state index is 13.3. The third-order valence-corrected chi connectivity index (χ3v) is 2.61. The molecule has 0 spiro atoms. The zero-order chi connectivity index (χ0) is 14.4. The molecular formula is C15H12F3NO. The second kappa shape index (κ2) is 6.75. The fourth-order valence-corrected chi connectivity index (χ4v) is 1.60. The van der Waals surface area contributed by atoms with Crippen LogP contribution in [0.15, 0.2) is 53.7 Å². The zero-order valence-electron chi connectivity index (χ0n) is 10.5. The third kappa shape index (κ3) is 3.85. The van der Waals surface area contributed by atoms with Crippen molar-refractivity contribution in [3.63, 3.8) is 0 Å². The van der Waals surface area contributed by atoms with Crippen LogP contribution in [0.3, 0.4) is 0 Å². The third-order valence-electron chi connectivity index (χ3n) is 2.61. The molecule has 2 aromatic rings. The number of rotatable bonds is 5. The average molecular weight is 279 g/mol. The molecule has 0 aliphatic carbocycles. The molecular weight excluding hydrogens is 267 g/mol. The van der Waals surface area contributed by atoms with E-state index in [1.165, 1.54) is 30.5 Å². The molecule has 2 rings (SSSR count). The van der Waals surface area contributed by atoms with Crippen LogP contribution in [0.1, 0.15) is 23.1 Å². The van der Waals surface area contributed by atoms with Gasteiger partial charge in [0.1, 0.15) is 12.4 Å². The van der Waals surface area contributed by atoms with E-state index in [-0.39, 0.29) is 12.2 Å². The lowest BCUT2D eigenvalue weighted by molar-refractivity contribution is 0.130. The Morgan fingerprint density at radius 3 is 2.65 bits per heavy atom. The number of hydrogen-bond donors (Lipinski definition) is 0. The summed E-state index contributed by atoms with van der Waals surface area (Å²) < 4.78 is 38.2. The quantitative estimate of drug-likeness (QED) is 0.590. The van der Waals surface area contributed by atoms with Gasteiger partial charge in [-0.15, -0.1) is 0 Å². The van der Waals surface area contributed by atoms with E-state index >= 15 is 0 Å². The minimum absolute atomic E-state index is 0.0471. The van der Waals surface area contributed by atoms with Gasteiger partial charge in [0, 0.05) is 11.1 Å². The number of hydrogen-bond acceptors (Lipinski definition) is 2. The molecule has 0 aliphatic heterocycles. The Labute approximate surface area is 114 Å². The van der Waals surface area contributed by atoms with Crippen LogP contribution in [0, 0.1) is 5.82 Å². The molecule has 104 valence electrons. The summed E-state index contributed by atoms with van der Waals surface area (Å²) in [5.74, 6) is -0.403. The zero-order valence-corrected chi connectivity index (χ0v) is 10.5. The van der Waals surface area contributed by atoms with Crippen LogP contribution < -0.4 is 0 Å². The van der Waals surface area contributed by atoms with Crippen molar-refractivity contribution in [1.82, 2.24) is 0 Å². The van der Waals surface area contributed by atoms with E-state index in [2.05, 4.69) is 5.16 Å². The van der Waals surface area contributed by atoms with E-state index in [0.29, 0.717) is 11.1 Å². The largest absolute Gasteiger partial charge is 0.391 e. The van der Waals surface area contributed by atoms with Crippen molar-refractivity contribution in [1.29, 1.82) is 0 Å². The molecule has 0 saturated carbocycles. The Balaban J connectivity index is 1.93. The number of nitrogens with zero attached hydrogens (tertiary/aromatic N) is 1. The second-order valence-corrected chi connectivity index (χ2v) is 4.08. The topological polar surface area (TPSA) is 21.6 Å². The molecule has 0 bridgehead atoms. The van der Waals surface area contributed by atoms with Gasteiger partial charge in [-0.05, 0) is 17.7 Å². The van der Waals surface area contributed by atoms with Gasteiger partial charge in [0.05, 0.1) is 6.21 Å². The van der Waals surface area contributed by atoms with Gasteiger partial charge in [-0.1, -0.05) is 41.6 Å². The summed E-state index contributed by atoms with van der Waals surface area (Å²) in [5, 5.41) is 3.62. The van der Waals surface area contributed by atoms with Gasteiger partial charge in [0.15, 0.2) is 0 Å². The molecule has 0 heterocycles.